The first-order valence-corrected chi connectivity index (χ1v) is 10.7. The highest BCUT2D eigenvalue weighted by Crippen LogP contribution is 2.44. The summed E-state index contributed by atoms with van der Waals surface area (Å²) in [6.07, 6.45) is 0. The van der Waals surface area contributed by atoms with Gasteiger partial charge in [0.05, 0.1) is 5.56 Å². The Balaban J connectivity index is 1.60. The minimum atomic E-state index is -1.52. The number of carboxylic acid groups (broad SMARTS) is 1. The Morgan fingerprint density at radius 2 is 2.06 bits per heavy atom. The summed E-state index contributed by atoms with van der Waals surface area (Å²) < 4.78 is 0. The minimum Gasteiger partial charge on any atom is -0.503 e. The fourth-order valence-electron chi connectivity index (χ4n) is 3.37. The van der Waals surface area contributed by atoms with Crippen LogP contribution in [-0.2, 0) is 19.2 Å². The van der Waals surface area contributed by atoms with Gasteiger partial charge in [0, 0.05) is 16.7 Å². The van der Waals surface area contributed by atoms with E-state index >= 15 is 0 Å². The molecule has 1 aromatic carbocycles. The topological polar surface area (TPSA) is 202 Å². The number of aliphatic carboxylic acids is 1. The molecule has 1 aromatic heterocycles. The number of β-lactam (4-membered cyclic amide) rings is 1. The van der Waals surface area contributed by atoms with Gasteiger partial charge in [0.25, 0.3) is 17.2 Å². The van der Waals surface area contributed by atoms with Crippen molar-refractivity contribution >= 4 is 57.3 Å². The van der Waals surface area contributed by atoms with E-state index in [2.05, 4.69) is 20.3 Å². The van der Waals surface area contributed by atoms with Gasteiger partial charge in [-0.1, -0.05) is 5.16 Å². The summed E-state index contributed by atoms with van der Waals surface area (Å²) in [5, 5.41) is 26.3. The van der Waals surface area contributed by atoms with Gasteiger partial charge >= 0.3 is 5.97 Å². The molecule has 15 heteroatoms. The van der Waals surface area contributed by atoms with Crippen LogP contribution in [0.4, 0.5) is 5.13 Å². The van der Waals surface area contributed by atoms with Crippen molar-refractivity contribution in [1.29, 1.82) is 0 Å². The molecule has 2 atom stereocenters. The van der Waals surface area contributed by atoms with Crippen LogP contribution < -0.4 is 21.9 Å². The SMILES string of the molecule is CO/N=C(\C(=O)NC1C(=O)N2C(C(=O)O)=C(c3c(O)c(=O)c3=O)CSC12)c1csc(N)n1. The summed E-state index contributed by atoms with van der Waals surface area (Å²) in [6, 6.07) is -1.09. The smallest absolute Gasteiger partial charge is 0.352 e. The summed E-state index contributed by atoms with van der Waals surface area (Å²) in [5.74, 6) is -3.97. The maximum absolute atomic E-state index is 12.7. The maximum Gasteiger partial charge on any atom is 0.352 e. The number of nitrogens with two attached hydrogens (primary N) is 1. The fraction of sp³-hybridized carbons (Fsp3) is 0.235. The van der Waals surface area contributed by atoms with E-state index in [1.807, 2.05) is 0 Å². The molecule has 2 aliphatic rings. The quantitative estimate of drug-likeness (QED) is 0.159. The van der Waals surface area contributed by atoms with Crippen LogP contribution in [0.5, 0.6) is 5.75 Å². The number of nitrogens with zero attached hydrogens (tertiary/aromatic N) is 3. The summed E-state index contributed by atoms with van der Waals surface area (Å²) >= 11 is 2.13. The predicted molar refractivity (Wildman–Crippen MR) is 113 cm³/mol. The lowest BCUT2D eigenvalue weighted by Gasteiger charge is -2.49. The maximum atomic E-state index is 12.7. The molecule has 2 amide bonds. The van der Waals surface area contributed by atoms with Gasteiger partial charge < -0.3 is 26.1 Å². The Labute approximate surface area is 185 Å². The second kappa shape index (κ2) is 7.76. The average molecular weight is 479 g/mol. The minimum absolute atomic E-state index is 0.0809. The third-order valence-corrected chi connectivity index (χ3v) is 6.76. The largest absolute Gasteiger partial charge is 0.503 e. The Morgan fingerprint density at radius 3 is 2.62 bits per heavy atom. The number of anilines is 1. The highest BCUT2D eigenvalue weighted by atomic mass is 32.2. The molecule has 32 heavy (non-hydrogen) atoms. The van der Waals surface area contributed by atoms with Crippen LogP contribution in [0, 0.1) is 0 Å². The molecule has 166 valence electrons. The number of thioether (sulfide) groups is 1. The molecular weight excluding hydrogens is 466 g/mol. The third kappa shape index (κ3) is 3.13. The highest BCUT2D eigenvalue weighted by Gasteiger charge is 2.55. The van der Waals surface area contributed by atoms with Crippen molar-refractivity contribution in [3.8, 4) is 5.75 Å². The number of thiazole rings is 1. The van der Waals surface area contributed by atoms with Crippen molar-refractivity contribution in [1.82, 2.24) is 15.2 Å². The van der Waals surface area contributed by atoms with Gasteiger partial charge in [-0.2, -0.15) is 0 Å². The number of oxime groups is 1. The van der Waals surface area contributed by atoms with Crippen LogP contribution in [-0.4, -0.2) is 67.9 Å². The number of rotatable bonds is 6. The van der Waals surface area contributed by atoms with Crippen molar-refractivity contribution in [2.45, 2.75) is 11.4 Å². The lowest BCUT2D eigenvalue weighted by Crippen LogP contribution is -2.71. The van der Waals surface area contributed by atoms with Crippen LogP contribution in [0.15, 0.2) is 25.8 Å². The normalized spacial score (nSPS) is 20.7. The first-order valence-electron chi connectivity index (χ1n) is 8.74. The molecule has 0 aliphatic carbocycles. The van der Waals surface area contributed by atoms with Crippen LogP contribution in [0.1, 0.15) is 11.3 Å². The van der Waals surface area contributed by atoms with E-state index in [1.165, 1.54) is 12.5 Å². The van der Waals surface area contributed by atoms with Crippen molar-refractivity contribution in [3.05, 3.63) is 42.8 Å². The molecule has 1 saturated heterocycles. The number of carbonyl (C=O) groups excluding carboxylic acids is 2. The van der Waals surface area contributed by atoms with E-state index in [1.54, 1.807) is 0 Å². The van der Waals surface area contributed by atoms with Crippen LogP contribution >= 0.6 is 23.1 Å². The van der Waals surface area contributed by atoms with E-state index < -0.39 is 57.1 Å². The lowest BCUT2D eigenvalue weighted by molar-refractivity contribution is -0.149. The molecule has 0 bridgehead atoms. The number of amides is 2. The monoisotopic (exact) mass is 479 g/mol. The first-order chi connectivity index (χ1) is 15.2. The van der Waals surface area contributed by atoms with E-state index in [0.29, 0.717) is 0 Å². The summed E-state index contributed by atoms with van der Waals surface area (Å²) in [5.41, 5.74) is 2.29. The van der Waals surface area contributed by atoms with Gasteiger partial charge in [-0.25, -0.2) is 9.78 Å². The predicted octanol–water partition coefficient (Wildman–Crippen LogP) is -1.73. The number of aromatic hydroxyl groups is 1. The van der Waals surface area contributed by atoms with Gasteiger partial charge in [-0.15, -0.1) is 23.1 Å². The van der Waals surface area contributed by atoms with E-state index in [0.717, 1.165) is 28.0 Å². The summed E-state index contributed by atoms with van der Waals surface area (Å²) in [4.78, 5) is 69.9. The number of fused-ring (bicyclic) bond motifs is 1. The third-order valence-electron chi connectivity index (χ3n) is 4.81. The molecular formula is C17H13N5O8S2. The Bertz CT molecular complexity index is 1300. The van der Waals surface area contributed by atoms with E-state index in [4.69, 9.17) is 5.73 Å². The zero-order valence-electron chi connectivity index (χ0n) is 16.0. The number of nitrogen functional groups attached to an aromatic ring is 1. The molecule has 1 fully saturated rings. The molecule has 2 aromatic rings. The number of hydrogen-bond acceptors (Lipinski definition) is 12. The van der Waals surface area contributed by atoms with Gasteiger partial charge in [-0.05, 0) is 0 Å². The Morgan fingerprint density at radius 1 is 1.34 bits per heavy atom. The van der Waals surface area contributed by atoms with Crippen LogP contribution in [0.3, 0.4) is 0 Å². The second-order valence-electron chi connectivity index (χ2n) is 6.57. The molecule has 0 spiro atoms. The average Bonchev–Trinajstić information content (AvgIpc) is 3.20. The summed E-state index contributed by atoms with van der Waals surface area (Å²) in [7, 11) is 1.22. The van der Waals surface area contributed by atoms with E-state index in [-0.39, 0.29) is 27.9 Å². The van der Waals surface area contributed by atoms with Crippen molar-refractivity contribution in [3.63, 3.8) is 0 Å². The Kier molecular flexibility index (Phi) is 5.21. The number of hydrogen-bond donors (Lipinski definition) is 4. The van der Waals surface area contributed by atoms with Gasteiger partial charge in [0.2, 0.25) is 5.43 Å². The van der Waals surface area contributed by atoms with Crippen molar-refractivity contribution in [2.24, 2.45) is 5.16 Å². The van der Waals surface area contributed by atoms with Crippen LogP contribution in [0.25, 0.3) is 5.57 Å². The molecule has 2 aliphatic heterocycles. The zero-order chi connectivity index (χ0) is 23.3. The summed E-state index contributed by atoms with van der Waals surface area (Å²) in [6.45, 7) is 0. The molecule has 13 nitrogen and oxygen atoms in total. The first kappa shape index (κ1) is 21.5. The fourth-order valence-corrected chi connectivity index (χ4v) is 5.27. The van der Waals surface area contributed by atoms with Crippen LogP contribution in [0.2, 0.25) is 0 Å². The number of carboxylic acids is 1. The van der Waals surface area contributed by atoms with Gasteiger partial charge in [-0.3, -0.25) is 24.1 Å². The molecule has 0 saturated carbocycles. The molecule has 3 heterocycles. The number of carbonyl (C=O) groups is 3. The van der Waals surface area contributed by atoms with Gasteiger partial charge in [0.1, 0.15) is 29.9 Å². The molecule has 4 rings (SSSR count). The zero-order valence-corrected chi connectivity index (χ0v) is 17.7. The number of aromatic nitrogens is 1. The molecule has 0 radical (unpaired) electrons. The Hall–Kier alpha value is -3.72. The molecule has 2 unspecified atom stereocenters. The second-order valence-corrected chi connectivity index (χ2v) is 8.56. The standard InChI is InChI=1S/C17H13N5O8S2/c1-30-21-7(5-3-32-17(18)19-5)13(26)20-8-14(27)22-9(16(28)29)4(2-31-15(8)22)6-10(23)12(25)11(6)24/h3,8,15,23H,2H2,1H3,(H2,18,19)(H,20,26)(H,28,29)/b21-7-. The lowest BCUT2D eigenvalue weighted by atomic mass is 9.95. The van der Waals surface area contributed by atoms with Crippen molar-refractivity contribution < 1.29 is 29.4 Å². The van der Waals surface area contributed by atoms with Gasteiger partial charge in [0.15, 0.2) is 16.6 Å². The van der Waals surface area contributed by atoms with E-state index in [9.17, 15) is 34.2 Å². The number of nitrogens with one attached hydrogen (secondary N) is 1. The highest BCUT2D eigenvalue weighted by molar-refractivity contribution is 8.00. The molecule has 5 N–H and O–H groups in total. The van der Waals surface area contributed by atoms with Crippen molar-refractivity contribution in [2.75, 3.05) is 18.6 Å².